The second kappa shape index (κ2) is 9.54. The summed E-state index contributed by atoms with van der Waals surface area (Å²) in [6, 6.07) is 15.4. The molecule has 1 atom stereocenters. The van der Waals surface area contributed by atoms with Crippen LogP contribution in [-0.2, 0) is 31.0 Å². The van der Waals surface area contributed by atoms with E-state index in [4.69, 9.17) is 9.26 Å². The number of amides is 1. The Morgan fingerprint density at radius 3 is 2.42 bits per heavy atom. The number of nitrogens with zero attached hydrogens (tertiary/aromatic N) is 1. The summed E-state index contributed by atoms with van der Waals surface area (Å²) in [6.07, 6.45) is 0. The number of ether oxygens (including phenoxy) is 1. The highest BCUT2D eigenvalue weighted by atomic mass is 32.2. The Balaban J connectivity index is 1.56. The van der Waals surface area contributed by atoms with Crippen LogP contribution in [0.5, 0.6) is 0 Å². The lowest BCUT2D eigenvalue weighted by molar-refractivity contribution is -0.147. The summed E-state index contributed by atoms with van der Waals surface area (Å²) in [7, 11) is -3.96. The molecule has 0 saturated heterocycles. The topological polar surface area (TPSA) is 128 Å². The summed E-state index contributed by atoms with van der Waals surface area (Å²) >= 11 is 0. The number of esters is 1. The van der Waals surface area contributed by atoms with Gasteiger partial charge in [-0.2, -0.15) is 4.72 Å². The molecular weight excluding hydrogens is 422 g/mol. The molecule has 0 aliphatic carbocycles. The Morgan fingerprint density at radius 2 is 1.77 bits per heavy atom. The first kappa shape index (κ1) is 22.2. The fourth-order valence-corrected chi connectivity index (χ4v) is 3.85. The molecule has 2 aromatic carbocycles. The van der Waals surface area contributed by atoms with Crippen molar-refractivity contribution >= 4 is 27.6 Å². The van der Waals surface area contributed by atoms with Crippen molar-refractivity contribution in [2.24, 2.45) is 0 Å². The lowest BCUT2D eigenvalue weighted by atomic mass is 10.1. The molecule has 0 unspecified atom stereocenters. The quantitative estimate of drug-likeness (QED) is 0.512. The van der Waals surface area contributed by atoms with Crippen LogP contribution in [-0.4, -0.2) is 31.5 Å². The van der Waals surface area contributed by atoms with Gasteiger partial charge >= 0.3 is 5.97 Å². The number of rotatable bonds is 8. The Hall–Kier alpha value is -3.50. The van der Waals surface area contributed by atoms with Crippen molar-refractivity contribution in [3.05, 3.63) is 66.4 Å². The predicted octanol–water partition coefficient (Wildman–Crippen LogP) is 2.71. The monoisotopic (exact) mass is 443 g/mol. The molecule has 0 bridgehead atoms. The van der Waals surface area contributed by atoms with Gasteiger partial charge in [0, 0.05) is 24.2 Å². The number of carbonyl (C=O) groups excluding carboxylic acids is 2. The van der Waals surface area contributed by atoms with E-state index in [1.54, 1.807) is 6.07 Å². The largest absolute Gasteiger partial charge is 0.456 e. The van der Waals surface area contributed by atoms with Crippen LogP contribution >= 0.6 is 0 Å². The van der Waals surface area contributed by atoms with Crippen molar-refractivity contribution in [2.75, 3.05) is 5.32 Å². The SMILES string of the molecule is CC(=O)Nc1ccc(S(=O)(=O)N[C@H](C)C(=O)OCc2cc(-c3ccccc3)no2)cc1. The number of sulfonamides is 1. The molecule has 1 amide bonds. The minimum atomic E-state index is -3.96. The molecule has 9 nitrogen and oxygen atoms in total. The summed E-state index contributed by atoms with van der Waals surface area (Å²) in [5.41, 5.74) is 1.92. The van der Waals surface area contributed by atoms with Crippen LogP contribution in [0.3, 0.4) is 0 Å². The summed E-state index contributed by atoms with van der Waals surface area (Å²) in [6.45, 7) is 2.54. The van der Waals surface area contributed by atoms with Gasteiger partial charge in [-0.3, -0.25) is 9.59 Å². The fourth-order valence-electron chi connectivity index (χ4n) is 2.66. The van der Waals surface area contributed by atoms with Crippen molar-refractivity contribution in [3.63, 3.8) is 0 Å². The number of carbonyl (C=O) groups is 2. The molecule has 0 saturated carbocycles. The van der Waals surface area contributed by atoms with Gasteiger partial charge in [0.15, 0.2) is 12.4 Å². The summed E-state index contributed by atoms with van der Waals surface area (Å²) in [4.78, 5) is 23.2. The zero-order valence-electron chi connectivity index (χ0n) is 16.9. The van der Waals surface area contributed by atoms with Crippen molar-refractivity contribution in [1.82, 2.24) is 9.88 Å². The second-order valence-corrected chi connectivity index (χ2v) is 8.41. The van der Waals surface area contributed by atoms with Crippen molar-refractivity contribution in [3.8, 4) is 11.3 Å². The minimum Gasteiger partial charge on any atom is -0.456 e. The van der Waals surface area contributed by atoms with Crippen LogP contribution in [0, 0.1) is 0 Å². The van der Waals surface area contributed by atoms with Gasteiger partial charge in [0.05, 0.1) is 4.90 Å². The molecular formula is C21H21N3O6S. The zero-order chi connectivity index (χ0) is 22.4. The molecule has 0 radical (unpaired) electrons. The van der Waals surface area contributed by atoms with Crippen LogP contribution in [0.25, 0.3) is 11.3 Å². The molecule has 0 aliphatic rings. The third kappa shape index (κ3) is 6.00. The standard InChI is InChI=1S/C21H21N3O6S/c1-14(24-31(27,28)19-10-8-17(9-11-19)22-15(2)25)21(26)29-13-18-12-20(23-30-18)16-6-4-3-5-7-16/h3-12,14,24H,13H2,1-2H3,(H,22,25)/t14-/m1/s1. The summed E-state index contributed by atoms with van der Waals surface area (Å²) < 4.78 is 37.5. The average Bonchev–Trinajstić information content (AvgIpc) is 3.21. The normalized spacial score (nSPS) is 12.2. The van der Waals surface area contributed by atoms with Gasteiger partial charge in [-0.05, 0) is 31.2 Å². The highest BCUT2D eigenvalue weighted by Crippen LogP contribution is 2.19. The van der Waals surface area contributed by atoms with Gasteiger partial charge in [-0.15, -0.1) is 0 Å². The highest BCUT2D eigenvalue weighted by molar-refractivity contribution is 7.89. The first-order valence-electron chi connectivity index (χ1n) is 9.32. The van der Waals surface area contributed by atoms with Gasteiger partial charge < -0.3 is 14.6 Å². The van der Waals surface area contributed by atoms with Gasteiger partial charge in [0.2, 0.25) is 15.9 Å². The maximum Gasteiger partial charge on any atom is 0.324 e. The number of benzene rings is 2. The maximum absolute atomic E-state index is 12.5. The minimum absolute atomic E-state index is 0.0519. The van der Waals surface area contributed by atoms with Gasteiger partial charge in [0.1, 0.15) is 11.7 Å². The van der Waals surface area contributed by atoms with E-state index in [-0.39, 0.29) is 17.4 Å². The van der Waals surface area contributed by atoms with E-state index in [1.165, 1.54) is 38.1 Å². The van der Waals surface area contributed by atoms with Crippen LogP contribution in [0.15, 0.2) is 70.1 Å². The van der Waals surface area contributed by atoms with Crippen molar-refractivity contribution in [2.45, 2.75) is 31.4 Å². The van der Waals surface area contributed by atoms with Crippen molar-refractivity contribution in [1.29, 1.82) is 0 Å². The number of anilines is 1. The van der Waals surface area contributed by atoms with E-state index >= 15 is 0 Å². The summed E-state index contributed by atoms with van der Waals surface area (Å²) in [5.74, 6) is -0.709. The fraction of sp³-hybridized carbons (Fsp3) is 0.190. The average molecular weight is 443 g/mol. The van der Waals surface area contributed by atoms with E-state index < -0.39 is 22.0 Å². The smallest absolute Gasteiger partial charge is 0.324 e. The second-order valence-electron chi connectivity index (χ2n) is 6.70. The van der Waals surface area contributed by atoms with Gasteiger partial charge in [-0.1, -0.05) is 35.5 Å². The molecule has 31 heavy (non-hydrogen) atoms. The van der Waals surface area contributed by atoms with E-state index in [0.717, 1.165) is 5.56 Å². The predicted molar refractivity (Wildman–Crippen MR) is 112 cm³/mol. The third-order valence-corrected chi connectivity index (χ3v) is 5.71. The molecule has 10 heteroatoms. The van der Waals surface area contributed by atoms with Gasteiger partial charge in [0.25, 0.3) is 0 Å². The molecule has 0 spiro atoms. The van der Waals surface area contributed by atoms with Crippen LogP contribution in [0.4, 0.5) is 5.69 Å². The number of hydrogen-bond acceptors (Lipinski definition) is 7. The molecule has 3 aromatic rings. The Kier molecular flexibility index (Phi) is 6.83. The van der Waals surface area contributed by atoms with Crippen LogP contribution in [0.1, 0.15) is 19.6 Å². The molecule has 162 valence electrons. The zero-order valence-corrected chi connectivity index (χ0v) is 17.7. The Labute approximate surface area is 179 Å². The molecule has 0 aliphatic heterocycles. The Bertz CT molecular complexity index is 1160. The van der Waals surface area contributed by atoms with Crippen LogP contribution in [0.2, 0.25) is 0 Å². The number of hydrogen-bond donors (Lipinski definition) is 2. The van der Waals surface area contributed by atoms with E-state index in [0.29, 0.717) is 17.1 Å². The Morgan fingerprint density at radius 1 is 1.10 bits per heavy atom. The van der Waals surface area contributed by atoms with Crippen molar-refractivity contribution < 1.29 is 27.3 Å². The summed E-state index contributed by atoms with van der Waals surface area (Å²) in [5, 5.41) is 6.47. The number of aromatic nitrogens is 1. The molecule has 3 rings (SSSR count). The van der Waals surface area contributed by atoms with E-state index in [9.17, 15) is 18.0 Å². The highest BCUT2D eigenvalue weighted by Gasteiger charge is 2.23. The number of nitrogens with one attached hydrogen (secondary N) is 2. The first-order chi connectivity index (χ1) is 14.7. The van der Waals surface area contributed by atoms with E-state index in [2.05, 4.69) is 15.2 Å². The van der Waals surface area contributed by atoms with Gasteiger partial charge in [-0.25, -0.2) is 8.42 Å². The first-order valence-corrected chi connectivity index (χ1v) is 10.8. The molecule has 2 N–H and O–H groups in total. The lowest BCUT2D eigenvalue weighted by Crippen LogP contribution is -2.39. The molecule has 0 fully saturated rings. The van der Waals surface area contributed by atoms with E-state index in [1.807, 2.05) is 30.3 Å². The van der Waals surface area contributed by atoms with Crippen LogP contribution < -0.4 is 10.0 Å². The molecule has 1 aromatic heterocycles. The maximum atomic E-state index is 12.5. The lowest BCUT2D eigenvalue weighted by Gasteiger charge is -2.13. The third-order valence-electron chi connectivity index (χ3n) is 4.16. The molecule has 1 heterocycles.